The fourth-order valence-electron chi connectivity index (χ4n) is 1.86. The van der Waals surface area contributed by atoms with Crippen molar-refractivity contribution in [2.45, 2.75) is 19.9 Å². The summed E-state index contributed by atoms with van der Waals surface area (Å²) < 4.78 is 1.70. The number of hydrogen-bond acceptors (Lipinski definition) is 3. The number of aromatic nitrogens is 2. The van der Waals surface area contributed by atoms with Gasteiger partial charge in [-0.1, -0.05) is 18.2 Å². The Hall–Kier alpha value is -2.63. The van der Waals surface area contributed by atoms with Gasteiger partial charge in [0, 0.05) is 12.7 Å². The zero-order valence-corrected chi connectivity index (χ0v) is 11.0. The molecule has 0 fully saturated rings. The Balaban J connectivity index is 2.06. The van der Waals surface area contributed by atoms with Crippen molar-refractivity contribution in [1.82, 2.24) is 9.78 Å². The van der Waals surface area contributed by atoms with Gasteiger partial charge in [0.05, 0.1) is 23.9 Å². The zero-order chi connectivity index (χ0) is 14.5. The van der Waals surface area contributed by atoms with E-state index < -0.39 is 5.97 Å². The second-order valence-corrected chi connectivity index (χ2v) is 4.27. The van der Waals surface area contributed by atoms with E-state index >= 15 is 0 Å². The molecule has 0 radical (unpaired) electrons. The molecule has 0 aliphatic carbocycles. The molecule has 1 heterocycles. The number of nitrogens with one attached hydrogen (secondary N) is 1. The zero-order valence-electron chi connectivity index (χ0n) is 11.0. The van der Waals surface area contributed by atoms with Crippen LogP contribution in [0.3, 0.4) is 0 Å². The maximum atomic E-state index is 11.9. The molecule has 0 atom stereocenters. The van der Waals surface area contributed by atoms with Crippen LogP contribution in [0.4, 0.5) is 5.69 Å². The van der Waals surface area contributed by atoms with Crippen molar-refractivity contribution in [3.63, 3.8) is 0 Å². The van der Waals surface area contributed by atoms with E-state index in [1.807, 2.05) is 6.92 Å². The number of hydrogen-bond donors (Lipinski definition) is 2. The fraction of sp³-hybridized carbons (Fsp3) is 0.214. The van der Waals surface area contributed by atoms with Crippen LogP contribution in [0.25, 0.3) is 0 Å². The number of carboxylic acids is 1. The Morgan fingerprint density at radius 1 is 1.35 bits per heavy atom. The van der Waals surface area contributed by atoms with Gasteiger partial charge in [-0.05, 0) is 18.6 Å². The molecule has 0 unspecified atom stereocenters. The number of anilines is 1. The lowest BCUT2D eigenvalue weighted by Crippen LogP contribution is -2.16. The molecule has 2 N–H and O–H groups in total. The molecule has 0 bridgehead atoms. The molecule has 2 rings (SSSR count). The van der Waals surface area contributed by atoms with Crippen LogP contribution in [0.2, 0.25) is 0 Å². The highest BCUT2D eigenvalue weighted by Crippen LogP contribution is 2.11. The number of carbonyl (C=O) groups is 2. The molecule has 1 amide bonds. The van der Waals surface area contributed by atoms with Crippen LogP contribution >= 0.6 is 0 Å². The van der Waals surface area contributed by atoms with Gasteiger partial charge in [-0.2, -0.15) is 5.10 Å². The second kappa shape index (κ2) is 6.01. The third kappa shape index (κ3) is 3.23. The molecule has 104 valence electrons. The van der Waals surface area contributed by atoms with Crippen molar-refractivity contribution in [3.8, 4) is 0 Å². The third-order valence-electron chi connectivity index (χ3n) is 2.84. The normalized spacial score (nSPS) is 10.2. The fourth-order valence-corrected chi connectivity index (χ4v) is 1.86. The number of nitrogens with zero attached hydrogens (tertiary/aromatic N) is 2. The molecule has 1 aromatic heterocycles. The number of amides is 1. The second-order valence-electron chi connectivity index (χ2n) is 4.27. The minimum Gasteiger partial charge on any atom is -0.478 e. The minimum atomic E-state index is -1.03. The summed E-state index contributed by atoms with van der Waals surface area (Å²) in [4.78, 5) is 23.0. The summed E-state index contributed by atoms with van der Waals surface area (Å²) in [6.45, 7) is 2.67. The quantitative estimate of drug-likeness (QED) is 0.869. The average molecular weight is 273 g/mol. The molecule has 0 aliphatic rings. The minimum absolute atomic E-state index is 0.0137. The summed E-state index contributed by atoms with van der Waals surface area (Å²) in [7, 11) is 0. The van der Waals surface area contributed by atoms with Crippen LogP contribution in [-0.4, -0.2) is 26.8 Å². The topological polar surface area (TPSA) is 84.2 Å². The van der Waals surface area contributed by atoms with Gasteiger partial charge in [-0.3, -0.25) is 9.48 Å². The van der Waals surface area contributed by atoms with Crippen LogP contribution in [0.15, 0.2) is 36.7 Å². The van der Waals surface area contributed by atoms with E-state index in [-0.39, 0.29) is 17.9 Å². The first-order valence-electron chi connectivity index (χ1n) is 6.23. The Kier molecular flexibility index (Phi) is 4.14. The standard InChI is InChI=1S/C14H15N3O3/c1-2-17-9-11(8-15-17)16-13(18)7-10-5-3-4-6-12(10)14(19)20/h3-6,8-9H,2,7H2,1H3,(H,16,18)(H,19,20). The van der Waals surface area contributed by atoms with Crippen molar-refractivity contribution < 1.29 is 14.7 Å². The molecule has 1 aromatic carbocycles. The predicted molar refractivity (Wildman–Crippen MR) is 73.6 cm³/mol. The lowest BCUT2D eigenvalue weighted by molar-refractivity contribution is -0.115. The van der Waals surface area contributed by atoms with E-state index in [0.717, 1.165) is 6.54 Å². The van der Waals surface area contributed by atoms with E-state index in [9.17, 15) is 9.59 Å². The lowest BCUT2D eigenvalue weighted by atomic mass is 10.0. The maximum absolute atomic E-state index is 11.9. The Labute approximate surface area is 116 Å². The molecular formula is C14H15N3O3. The number of rotatable bonds is 5. The van der Waals surface area contributed by atoms with Gasteiger partial charge in [0.15, 0.2) is 0 Å². The molecule has 0 saturated carbocycles. The summed E-state index contributed by atoms with van der Waals surface area (Å²) in [5.74, 6) is -1.30. The van der Waals surface area contributed by atoms with Gasteiger partial charge in [-0.25, -0.2) is 4.79 Å². The van der Waals surface area contributed by atoms with E-state index in [4.69, 9.17) is 5.11 Å². The molecule has 6 nitrogen and oxygen atoms in total. The highest BCUT2D eigenvalue weighted by molar-refractivity contribution is 5.95. The number of aryl methyl sites for hydroxylation is 1. The molecular weight excluding hydrogens is 258 g/mol. The van der Waals surface area contributed by atoms with Crippen molar-refractivity contribution >= 4 is 17.6 Å². The van der Waals surface area contributed by atoms with Crippen LogP contribution in [0.1, 0.15) is 22.8 Å². The smallest absolute Gasteiger partial charge is 0.335 e. The first-order valence-corrected chi connectivity index (χ1v) is 6.23. The monoisotopic (exact) mass is 273 g/mol. The first kappa shape index (κ1) is 13.8. The van der Waals surface area contributed by atoms with Crippen molar-refractivity contribution in [3.05, 3.63) is 47.8 Å². The number of benzene rings is 1. The van der Waals surface area contributed by atoms with Crippen LogP contribution in [0.5, 0.6) is 0 Å². The Morgan fingerprint density at radius 2 is 2.10 bits per heavy atom. The van der Waals surface area contributed by atoms with E-state index in [1.54, 1.807) is 35.3 Å². The number of carboxylic acid groups (broad SMARTS) is 1. The van der Waals surface area contributed by atoms with Crippen LogP contribution in [-0.2, 0) is 17.8 Å². The molecule has 0 saturated heterocycles. The highest BCUT2D eigenvalue weighted by Gasteiger charge is 2.12. The summed E-state index contributed by atoms with van der Waals surface area (Å²) >= 11 is 0. The van der Waals surface area contributed by atoms with Crippen LogP contribution in [0, 0.1) is 0 Å². The lowest BCUT2D eigenvalue weighted by Gasteiger charge is -2.05. The highest BCUT2D eigenvalue weighted by atomic mass is 16.4. The molecule has 20 heavy (non-hydrogen) atoms. The molecule has 0 spiro atoms. The van der Waals surface area contributed by atoms with Crippen molar-refractivity contribution in [2.24, 2.45) is 0 Å². The largest absolute Gasteiger partial charge is 0.478 e. The number of carbonyl (C=O) groups excluding carboxylic acids is 1. The SMILES string of the molecule is CCn1cc(NC(=O)Cc2ccccc2C(=O)O)cn1. The van der Waals surface area contributed by atoms with Gasteiger partial charge in [0.1, 0.15) is 0 Å². The molecule has 6 heteroatoms. The van der Waals surface area contributed by atoms with Gasteiger partial charge >= 0.3 is 5.97 Å². The summed E-state index contributed by atoms with van der Waals surface area (Å²) in [6.07, 6.45) is 3.30. The Morgan fingerprint density at radius 3 is 2.75 bits per heavy atom. The van der Waals surface area contributed by atoms with E-state index in [1.165, 1.54) is 6.07 Å². The summed E-state index contributed by atoms with van der Waals surface area (Å²) in [6, 6.07) is 6.47. The van der Waals surface area contributed by atoms with Crippen LogP contribution < -0.4 is 5.32 Å². The van der Waals surface area contributed by atoms with E-state index in [0.29, 0.717) is 11.3 Å². The number of aromatic carboxylic acids is 1. The summed E-state index contributed by atoms with van der Waals surface area (Å²) in [5.41, 5.74) is 1.23. The first-order chi connectivity index (χ1) is 9.60. The van der Waals surface area contributed by atoms with Crippen molar-refractivity contribution in [2.75, 3.05) is 5.32 Å². The third-order valence-corrected chi connectivity index (χ3v) is 2.84. The molecule has 0 aliphatic heterocycles. The average Bonchev–Trinajstić information content (AvgIpc) is 2.86. The molecule has 2 aromatic rings. The summed E-state index contributed by atoms with van der Waals surface area (Å²) in [5, 5.41) is 15.8. The van der Waals surface area contributed by atoms with Gasteiger partial charge in [-0.15, -0.1) is 0 Å². The maximum Gasteiger partial charge on any atom is 0.335 e. The van der Waals surface area contributed by atoms with Gasteiger partial charge in [0.2, 0.25) is 5.91 Å². The van der Waals surface area contributed by atoms with Gasteiger partial charge < -0.3 is 10.4 Å². The Bertz CT molecular complexity index is 634. The van der Waals surface area contributed by atoms with Gasteiger partial charge in [0.25, 0.3) is 0 Å². The van der Waals surface area contributed by atoms with E-state index in [2.05, 4.69) is 10.4 Å². The predicted octanol–water partition coefficient (Wildman–Crippen LogP) is 1.78. The van der Waals surface area contributed by atoms with Crippen molar-refractivity contribution in [1.29, 1.82) is 0 Å².